The fraction of sp³-hybridized carbons (Fsp3) is 0.222. The van der Waals surface area contributed by atoms with Gasteiger partial charge in [-0.3, -0.25) is 4.79 Å². The molecular weight excluding hydrogens is 416 g/mol. The molecule has 0 aliphatic carbocycles. The fourth-order valence-electron chi connectivity index (χ4n) is 3.63. The van der Waals surface area contributed by atoms with Crippen molar-refractivity contribution in [3.05, 3.63) is 83.0 Å². The summed E-state index contributed by atoms with van der Waals surface area (Å²) in [7, 11) is 0. The Morgan fingerprint density at radius 3 is 2.24 bits per heavy atom. The molecule has 4 rings (SSSR count). The number of ether oxygens (including phenoxy) is 2. The lowest BCUT2D eigenvalue weighted by Gasteiger charge is -2.12. The summed E-state index contributed by atoms with van der Waals surface area (Å²) in [6.45, 7) is 1.01. The first-order chi connectivity index (χ1) is 16.1. The molecule has 0 atom stereocenters. The number of unbranched alkanes of at least 4 members (excludes halogenated alkanes) is 3. The molecule has 0 aliphatic rings. The molecule has 0 radical (unpaired) electrons. The molecule has 3 aromatic carbocycles. The third-order valence-electron chi connectivity index (χ3n) is 5.37. The molecule has 6 nitrogen and oxygen atoms in total. The maximum Gasteiger partial charge on any atom is 0.235 e. The van der Waals surface area contributed by atoms with Crippen molar-refractivity contribution in [2.45, 2.75) is 25.7 Å². The van der Waals surface area contributed by atoms with E-state index in [2.05, 4.69) is 0 Å². The van der Waals surface area contributed by atoms with E-state index in [0.717, 1.165) is 31.2 Å². The average molecular weight is 445 g/mol. The number of hydrogen-bond acceptors (Lipinski definition) is 6. The van der Waals surface area contributed by atoms with Crippen LogP contribution in [0.15, 0.2) is 82.0 Å². The molecule has 0 aliphatic heterocycles. The standard InChI is InChI=1S/C27H28N2O4/c28-20-14-15-22(29)24(18-20)31-16-8-1-2-9-17-32-27-25(30)21-12-6-7-13-23(21)33-26(27)19-10-4-3-5-11-19/h3-7,10-15,18H,1-2,8-9,16-17,28-29H2. The lowest BCUT2D eigenvalue weighted by molar-refractivity contribution is 0.284. The van der Waals surface area contributed by atoms with Gasteiger partial charge in [-0.1, -0.05) is 42.5 Å². The van der Waals surface area contributed by atoms with Gasteiger partial charge in [0, 0.05) is 17.3 Å². The van der Waals surface area contributed by atoms with Gasteiger partial charge in [-0.2, -0.15) is 0 Å². The van der Waals surface area contributed by atoms with Crippen molar-refractivity contribution < 1.29 is 13.9 Å². The first-order valence-electron chi connectivity index (χ1n) is 11.2. The summed E-state index contributed by atoms with van der Waals surface area (Å²) in [6.07, 6.45) is 3.64. The molecule has 0 saturated carbocycles. The summed E-state index contributed by atoms with van der Waals surface area (Å²) < 4.78 is 17.8. The smallest absolute Gasteiger partial charge is 0.235 e. The fourth-order valence-corrected chi connectivity index (χ4v) is 3.63. The van der Waals surface area contributed by atoms with Crippen molar-refractivity contribution in [3.8, 4) is 22.8 Å². The highest BCUT2D eigenvalue weighted by molar-refractivity contribution is 5.81. The molecule has 0 saturated heterocycles. The van der Waals surface area contributed by atoms with Crippen LogP contribution in [0.4, 0.5) is 11.4 Å². The van der Waals surface area contributed by atoms with Gasteiger partial charge < -0.3 is 25.4 Å². The van der Waals surface area contributed by atoms with Gasteiger partial charge in [0.15, 0.2) is 5.76 Å². The summed E-state index contributed by atoms with van der Waals surface area (Å²) in [4.78, 5) is 13.1. The molecule has 0 spiro atoms. The first-order valence-corrected chi connectivity index (χ1v) is 11.2. The van der Waals surface area contributed by atoms with Crippen LogP contribution in [-0.4, -0.2) is 13.2 Å². The number of rotatable bonds is 10. The van der Waals surface area contributed by atoms with E-state index < -0.39 is 0 Å². The van der Waals surface area contributed by atoms with Crippen LogP contribution < -0.4 is 26.4 Å². The number of hydrogen-bond donors (Lipinski definition) is 2. The topological polar surface area (TPSA) is 101 Å². The van der Waals surface area contributed by atoms with Gasteiger partial charge in [-0.05, 0) is 49.9 Å². The molecule has 0 unspecified atom stereocenters. The van der Waals surface area contributed by atoms with Gasteiger partial charge in [0.1, 0.15) is 11.3 Å². The van der Waals surface area contributed by atoms with Crippen molar-refractivity contribution in [2.75, 3.05) is 24.7 Å². The Kier molecular flexibility index (Phi) is 7.15. The highest BCUT2D eigenvalue weighted by Gasteiger charge is 2.17. The van der Waals surface area contributed by atoms with E-state index in [1.165, 1.54) is 0 Å². The van der Waals surface area contributed by atoms with Crippen LogP contribution in [0.3, 0.4) is 0 Å². The van der Waals surface area contributed by atoms with Crippen molar-refractivity contribution in [1.82, 2.24) is 0 Å². The lowest BCUT2D eigenvalue weighted by atomic mass is 10.1. The van der Waals surface area contributed by atoms with E-state index in [1.807, 2.05) is 42.5 Å². The van der Waals surface area contributed by atoms with Crippen LogP contribution in [0.5, 0.6) is 11.5 Å². The van der Waals surface area contributed by atoms with Crippen LogP contribution in [-0.2, 0) is 0 Å². The zero-order chi connectivity index (χ0) is 23.0. The minimum Gasteiger partial charge on any atom is -0.491 e. The molecule has 4 aromatic rings. The number of para-hydroxylation sites is 1. The second-order valence-electron chi connectivity index (χ2n) is 7.86. The number of benzene rings is 3. The Hall–Kier alpha value is -3.93. The molecule has 0 bridgehead atoms. The molecular formula is C27H28N2O4. The van der Waals surface area contributed by atoms with E-state index in [-0.39, 0.29) is 11.2 Å². The van der Waals surface area contributed by atoms with Crippen molar-refractivity contribution >= 4 is 22.3 Å². The van der Waals surface area contributed by atoms with Gasteiger partial charge in [-0.25, -0.2) is 0 Å². The molecule has 6 heteroatoms. The molecule has 170 valence electrons. The summed E-state index contributed by atoms with van der Waals surface area (Å²) >= 11 is 0. The third-order valence-corrected chi connectivity index (χ3v) is 5.37. The third kappa shape index (κ3) is 5.47. The van der Waals surface area contributed by atoms with Crippen LogP contribution in [0, 0.1) is 0 Å². The molecule has 0 fully saturated rings. The minimum atomic E-state index is -0.149. The van der Waals surface area contributed by atoms with E-state index in [1.54, 1.807) is 30.3 Å². The molecule has 4 N–H and O–H groups in total. The summed E-state index contributed by atoms with van der Waals surface area (Å²) in [5.41, 5.74) is 14.1. The first kappa shape index (κ1) is 22.3. The second-order valence-corrected chi connectivity index (χ2v) is 7.86. The average Bonchev–Trinajstić information content (AvgIpc) is 2.84. The van der Waals surface area contributed by atoms with Crippen LogP contribution >= 0.6 is 0 Å². The van der Waals surface area contributed by atoms with E-state index in [9.17, 15) is 4.79 Å². The quantitative estimate of drug-likeness (QED) is 0.242. The SMILES string of the molecule is Nc1ccc(N)c(OCCCCCCOc2c(-c3ccccc3)oc3ccccc3c2=O)c1. The Bertz CT molecular complexity index is 1270. The summed E-state index contributed by atoms with van der Waals surface area (Å²) in [5.74, 6) is 1.35. The van der Waals surface area contributed by atoms with Crippen LogP contribution in [0.2, 0.25) is 0 Å². The Balaban J connectivity index is 1.32. The number of nitrogen functional groups attached to an aromatic ring is 2. The zero-order valence-corrected chi connectivity index (χ0v) is 18.5. The van der Waals surface area contributed by atoms with Crippen LogP contribution in [0.25, 0.3) is 22.3 Å². The molecule has 1 heterocycles. The van der Waals surface area contributed by atoms with Crippen molar-refractivity contribution in [2.24, 2.45) is 0 Å². The highest BCUT2D eigenvalue weighted by atomic mass is 16.5. The van der Waals surface area contributed by atoms with Gasteiger partial charge >= 0.3 is 0 Å². The van der Waals surface area contributed by atoms with Gasteiger partial charge in [0.05, 0.1) is 24.3 Å². The Labute approximate surface area is 192 Å². The maximum atomic E-state index is 13.1. The predicted octanol–water partition coefficient (Wildman–Crippen LogP) is 5.64. The van der Waals surface area contributed by atoms with E-state index in [0.29, 0.717) is 47.1 Å². The maximum absolute atomic E-state index is 13.1. The zero-order valence-electron chi connectivity index (χ0n) is 18.5. The minimum absolute atomic E-state index is 0.149. The van der Waals surface area contributed by atoms with Gasteiger partial charge in [0.2, 0.25) is 11.2 Å². The highest BCUT2D eigenvalue weighted by Crippen LogP contribution is 2.31. The number of nitrogens with two attached hydrogens (primary N) is 2. The number of fused-ring (bicyclic) bond motifs is 1. The second kappa shape index (κ2) is 10.6. The van der Waals surface area contributed by atoms with Crippen molar-refractivity contribution in [3.63, 3.8) is 0 Å². The monoisotopic (exact) mass is 444 g/mol. The summed E-state index contributed by atoms with van der Waals surface area (Å²) in [5, 5.41) is 0.519. The largest absolute Gasteiger partial charge is 0.491 e. The van der Waals surface area contributed by atoms with Gasteiger partial charge in [-0.15, -0.1) is 0 Å². The molecule has 33 heavy (non-hydrogen) atoms. The summed E-state index contributed by atoms with van der Waals surface area (Å²) in [6, 6.07) is 22.0. The van der Waals surface area contributed by atoms with Crippen LogP contribution in [0.1, 0.15) is 25.7 Å². The Morgan fingerprint density at radius 1 is 0.758 bits per heavy atom. The van der Waals surface area contributed by atoms with Gasteiger partial charge in [0.25, 0.3) is 0 Å². The predicted molar refractivity (Wildman–Crippen MR) is 133 cm³/mol. The normalized spacial score (nSPS) is 10.9. The Morgan fingerprint density at radius 2 is 1.45 bits per heavy atom. The number of anilines is 2. The van der Waals surface area contributed by atoms with E-state index >= 15 is 0 Å². The lowest BCUT2D eigenvalue weighted by Crippen LogP contribution is -2.11. The van der Waals surface area contributed by atoms with E-state index in [4.69, 9.17) is 25.4 Å². The van der Waals surface area contributed by atoms with Crippen molar-refractivity contribution in [1.29, 1.82) is 0 Å². The molecule has 1 aromatic heterocycles. The molecule has 0 amide bonds.